The molecule has 2 rings (SSSR count). The third kappa shape index (κ3) is 4.38. The first kappa shape index (κ1) is 19.0. The molecule has 0 unspecified atom stereocenters. The van der Waals surface area contributed by atoms with E-state index in [1.54, 1.807) is 0 Å². The number of alkyl halides is 3. The lowest BCUT2D eigenvalue weighted by molar-refractivity contribution is -0.0429. The first-order chi connectivity index (χ1) is 11.0. The zero-order valence-electron chi connectivity index (χ0n) is 11.4. The van der Waals surface area contributed by atoms with Crippen LogP contribution in [0.4, 0.5) is 18.9 Å². The highest BCUT2D eigenvalue weighted by molar-refractivity contribution is 7.93. The molecule has 2 aromatic carbocycles. The summed E-state index contributed by atoms with van der Waals surface area (Å²) < 4.78 is 65.9. The van der Waals surface area contributed by atoms with Gasteiger partial charge in [-0.25, -0.2) is 0 Å². The molecule has 0 aliphatic rings. The Kier molecular flexibility index (Phi) is 5.44. The molecule has 0 aromatic heterocycles. The summed E-state index contributed by atoms with van der Waals surface area (Å²) in [7, 11) is -5.54. The van der Waals surface area contributed by atoms with E-state index in [1.807, 2.05) is 0 Å². The lowest BCUT2D eigenvalue weighted by Gasteiger charge is -2.13. The minimum atomic E-state index is -5.54. The topological polar surface area (TPSA) is 55.4 Å². The van der Waals surface area contributed by atoms with Crippen molar-refractivity contribution >= 4 is 50.5 Å². The van der Waals surface area contributed by atoms with Crippen LogP contribution >= 0.6 is 34.8 Å². The number of halogens is 6. The van der Waals surface area contributed by atoms with Crippen LogP contribution in [0.3, 0.4) is 0 Å². The zero-order chi connectivity index (χ0) is 18.1. The van der Waals surface area contributed by atoms with Gasteiger partial charge < -0.3 is 4.74 Å². The molecular formula is C13H7Cl3F3NO3S. The average Bonchev–Trinajstić information content (AvgIpc) is 2.42. The predicted octanol–water partition coefficient (Wildman–Crippen LogP) is 5.70. The predicted molar refractivity (Wildman–Crippen MR) is 86.6 cm³/mol. The fourth-order valence-electron chi connectivity index (χ4n) is 1.54. The maximum absolute atomic E-state index is 12.3. The molecule has 0 aliphatic carbocycles. The van der Waals surface area contributed by atoms with E-state index in [9.17, 15) is 21.6 Å². The Hall–Kier alpha value is -1.35. The lowest BCUT2D eigenvalue weighted by atomic mass is 10.3. The number of nitrogens with one attached hydrogen (secondary N) is 1. The summed E-state index contributed by atoms with van der Waals surface area (Å²) in [6.07, 6.45) is 0. The Bertz CT molecular complexity index is 872. The van der Waals surface area contributed by atoms with E-state index >= 15 is 0 Å². The number of hydrogen-bond donors (Lipinski definition) is 1. The Morgan fingerprint density at radius 1 is 0.917 bits per heavy atom. The van der Waals surface area contributed by atoms with Gasteiger partial charge in [0.2, 0.25) is 0 Å². The summed E-state index contributed by atoms with van der Waals surface area (Å²) in [6, 6.07) is 7.65. The van der Waals surface area contributed by atoms with Crippen LogP contribution in [0.15, 0.2) is 36.4 Å². The standard InChI is InChI=1S/C13H7Cl3F3NO3S/c14-7-1-3-11(9(15)5-7)23-12-4-2-8(6-10(12)16)20-24(21,22)13(17,18)19/h1-6,20H. The molecule has 0 spiro atoms. The van der Waals surface area contributed by atoms with Crippen LogP contribution in [0, 0.1) is 0 Å². The van der Waals surface area contributed by atoms with E-state index in [4.69, 9.17) is 39.5 Å². The van der Waals surface area contributed by atoms with Gasteiger partial charge in [-0.15, -0.1) is 0 Å². The highest BCUT2D eigenvalue weighted by Crippen LogP contribution is 2.36. The van der Waals surface area contributed by atoms with Crippen LogP contribution in [-0.2, 0) is 10.0 Å². The van der Waals surface area contributed by atoms with Crippen molar-refractivity contribution < 1.29 is 26.3 Å². The second-order valence-corrected chi connectivity index (χ2v) is 7.30. The van der Waals surface area contributed by atoms with E-state index in [1.165, 1.54) is 29.0 Å². The monoisotopic (exact) mass is 419 g/mol. The number of sulfonamides is 1. The van der Waals surface area contributed by atoms with Crippen LogP contribution in [0.2, 0.25) is 15.1 Å². The molecule has 0 atom stereocenters. The van der Waals surface area contributed by atoms with Crippen LogP contribution in [0.1, 0.15) is 0 Å². The third-order valence-corrected chi connectivity index (χ3v) is 4.54. The van der Waals surface area contributed by atoms with Gasteiger partial charge in [-0.1, -0.05) is 34.8 Å². The molecule has 11 heteroatoms. The first-order valence-corrected chi connectivity index (χ1v) is 8.63. The minimum absolute atomic E-state index is 0.0656. The zero-order valence-corrected chi connectivity index (χ0v) is 14.4. The summed E-state index contributed by atoms with van der Waals surface area (Å²) in [5.74, 6) is 0.280. The number of rotatable bonds is 4. The molecule has 0 amide bonds. The van der Waals surface area contributed by atoms with Crippen LogP contribution in [0.5, 0.6) is 11.5 Å². The van der Waals surface area contributed by atoms with Crippen molar-refractivity contribution in [1.29, 1.82) is 0 Å². The van der Waals surface area contributed by atoms with Gasteiger partial charge in [0.15, 0.2) is 0 Å². The Morgan fingerprint density at radius 3 is 1.96 bits per heavy atom. The number of hydrogen-bond acceptors (Lipinski definition) is 3. The molecule has 0 aliphatic heterocycles. The second-order valence-electron chi connectivity index (χ2n) is 4.37. The summed E-state index contributed by atoms with van der Waals surface area (Å²) in [6.45, 7) is 0. The molecule has 24 heavy (non-hydrogen) atoms. The van der Waals surface area contributed by atoms with Crippen molar-refractivity contribution in [3.05, 3.63) is 51.5 Å². The lowest BCUT2D eigenvalue weighted by Crippen LogP contribution is -2.29. The fraction of sp³-hybridized carbons (Fsp3) is 0.0769. The van der Waals surface area contributed by atoms with Crippen LogP contribution in [0.25, 0.3) is 0 Å². The van der Waals surface area contributed by atoms with Crippen molar-refractivity contribution in [2.24, 2.45) is 0 Å². The molecule has 4 nitrogen and oxygen atoms in total. The van der Waals surface area contributed by atoms with Crippen molar-refractivity contribution in [3.63, 3.8) is 0 Å². The highest BCUT2D eigenvalue weighted by Gasteiger charge is 2.46. The third-order valence-electron chi connectivity index (χ3n) is 2.60. The van der Waals surface area contributed by atoms with Crippen molar-refractivity contribution in [2.75, 3.05) is 4.72 Å². The molecule has 0 saturated carbocycles. The molecule has 0 fully saturated rings. The quantitative estimate of drug-likeness (QED) is 0.690. The Labute approximate surface area is 150 Å². The fourth-order valence-corrected chi connectivity index (χ4v) is 2.76. The van der Waals surface area contributed by atoms with E-state index in [0.29, 0.717) is 5.02 Å². The van der Waals surface area contributed by atoms with Crippen LogP contribution in [-0.4, -0.2) is 13.9 Å². The molecule has 0 bridgehead atoms. The van der Waals surface area contributed by atoms with E-state index < -0.39 is 15.5 Å². The summed E-state index contributed by atoms with van der Waals surface area (Å²) in [4.78, 5) is 0. The van der Waals surface area contributed by atoms with Gasteiger partial charge in [0, 0.05) is 5.02 Å². The summed E-state index contributed by atoms with van der Waals surface area (Å²) in [5.41, 5.74) is -5.81. The Balaban J connectivity index is 2.24. The molecular weight excluding hydrogens is 414 g/mol. The van der Waals surface area contributed by atoms with Crippen molar-refractivity contribution in [1.82, 2.24) is 0 Å². The molecule has 2 aromatic rings. The van der Waals surface area contributed by atoms with Crippen molar-refractivity contribution in [2.45, 2.75) is 5.51 Å². The normalized spacial score (nSPS) is 12.1. The largest absolute Gasteiger partial charge is 0.516 e. The summed E-state index contributed by atoms with van der Waals surface area (Å²) >= 11 is 17.6. The van der Waals surface area contributed by atoms with E-state index in [2.05, 4.69) is 0 Å². The van der Waals surface area contributed by atoms with Gasteiger partial charge in [0.1, 0.15) is 11.5 Å². The van der Waals surface area contributed by atoms with Crippen molar-refractivity contribution in [3.8, 4) is 11.5 Å². The molecule has 0 heterocycles. The minimum Gasteiger partial charge on any atom is -0.454 e. The maximum atomic E-state index is 12.3. The Morgan fingerprint density at radius 2 is 1.46 bits per heavy atom. The van der Waals surface area contributed by atoms with Crippen LogP contribution < -0.4 is 9.46 Å². The number of benzene rings is 2. The SMILES string of the molecule is O=S(=O)(Nc1ccc(Oc2ccc(Cl)cc2Cl)c(Cl)c1)C(F)(F)F. The van der Waals surface area contributed by atoms with Gasteiger partial charge in [-0.05, 0) is 36.4 Å². The molecule has 1 N–H and O–H groups in total. The second kappa shape index (κ2) is 6.87. The number of anilines is 1. The smallest absolute Gasteiger partial charge is 0.454 e. The van der Waals surface area contributed by atoms with Gasteiger partial charge >= 0.3 is 15.5 Å². The molecule has 130 valence electrons. The number of ether oxygens (including phenoxy) is 1. The van der Waals surface area contributed by atoms with Gasteiger partial charge in [0.25, 0.3) is 0 Å². The van der Waals surface area contributed by atoms with E-state index in [-0.39, 0.29) is 27.2 Å². The molecule has 0 saturated heterocycles. The van der Waals surface area contributed by atoms with Gasteiger partial charge in [-0.2, -0.15) is 21.6 Å². The average molecular weight is 421 g/mol. The van der Waals surface area contributed by atoms with Gasteiger partial charge in [-0.3, -0.25) is 4.72 Å². The maximum Gasteiger partial charge on any atom is 0.516 e. The summed E-state index contributed by atoms with van der Waals surface area (Å²) in [5, 5.41) is 0.458. The van der Waals surface area contributed by atoms with Gasteiger partial charge in [0.05, 0.1) is 15.7 Å². The molecule has 0 radical (unpaired) electrons. The first-order valence-electron chi connectivity index (χ1n) is 6.01. The highest BCUT2D eigenvalue weighted by atomic mass is 35.5. The van der Waals surface area contributed by atoms with E-state index in [0.717, 1.165) is 12.1 Å².